The van der Waals surface area contributed by atoms with Crippen molar-refractivity contribution in [3.05, 3.63) is 33.4 Å². The summed E-state index contributed by atoms with van der Waals surface area (Å²) in [6.07, 6.45) is 2.47. The summed E-state index contributed by atoms with van der Waals surface area (Å²) in [6.45, 7) is 11.6. The zero-order chi connectivity index (χ0) is 12.0. The molecule has 2 rings (SSSR count). The van der Waals surface area contributed by atoms with E-state index in [1.165, 1.54) is 12.8 Å². The van der Waals surface area contributed by atoms with Crippen LogP contribution in [0.5, 0.6) is 0 Å². The molecule has 0 N–H and O–H groups in total. The summed E-state index contributed by atoms with van der Waals surface area (Å²) >= 11 is 2.83. The molecule has 0 radical (unpaired) electrons. The van der Waals surface area contributed by atoms with Crippen LogP contribution in [-0.4, -0.2) is 0 Å². The predicted molar refractivity (Wildman–Crippen MR) is 65.9 cm³/mol. The van der Waals surface area contributed by atoms with Crippen molar-refractivity contribution in [2.45, 2.75) is 57.9 Å². The van der Waals surface area contributed by atoms with Crippen LogP contribution in [0.25, 0.3) is 0 Å². The topological polar surface area (TPSA) is 0 Å². The zero-order valence-electron chi connectivity index (χ0n) is 10.9. The van der Waals surface area contributed by atoms with Gasteiger partial charge in [0.1, 0.15) is 0 Å². The third kappa shape index (κ3) is 1.78. The van der Waals surface area contributed by atoms with Crippen molar-refractivity contribution in [1.82, 2.24) is 0 Å². The van der Waals surface area contributed by atoms with Gasteiger partial charge in [-0.05, 0) is 0 Å². The molecule has 1 aromatic rings. The Morgan fingerprint density at radius 1 is 1.19 bits per heavy atom. The Kier molecular flexibility index (Phi) is 3.28. The molecule has 1 aromatic carbocycles. The van der Waals surface area contributed by atoms with E-state index in [2.05, 4.69) is 52.9 Å². The van der Waals surface area contributed by atoms with Crippen molar-refractivity contribution < 1.29 is 18.3 Å². The standard InChI is InChI=1S/C15H21.Ru/c1-6-7-13-10(3)14-8-9(2)15(11(13)4)12(14)5;/h6,9H,7-8H2,1-5H3;. The fourth-order valence-electron chi connectivity index (χ4n) is 3.39. The average molecular weight is 302 g/mol. The molecule has 1 aliphatic carbocycles. The number of rotatable bonds is 2. The van der Waals surface area contributed by atoms with Crippen molar-refractivity contribution in [2.24, 2.45) is 0 Å². The Morgan fingerprint density at radius 3 is 2.38 bits per heavy atom. The summed E-state index contributed by atoms with van der Waals surface area (Å²) in [5.41, 5.74) is 9.60. The summed E-state index contributed by atoms with van der Waals surface area (Å²) < 4.78 is 0.689. The number of fused-ring (bicyclic) bond motifs is 2. The van der Waals surface area contributed by atoms with Crippen LogP contribution >= 0.6 is 0 Å². The first-order valence-electron chi connectivity index (χ1n) is 6.17. The van der Waals surface area contributed by atoms with Crippen LogP contribution in [0.15, 0.2) is 0 Å². The molecule has 0 saturated heterocycles. The van der Waals surface area contributed by atoms with Gasteiger partial charge in [0.05, 0.1) is 0 Å². The van der Waals surface area contributed by atoms with Gasteiger partial charge in [0, 0.05) is 0 Å². The molecule has 2 bridgehead atoms. The predicted octanol–water partition coefficient (Wildman–Crippen LogP) is 4.17. The quantitative estimate of drug-likeness (QED) is 0.719. The van der Waals surface area contributed by atoms with Gasteiger partial charge in [-0.3, -0.25) is 0 Å². The van der Waals surface area contributed by atoms with E-state index in [-0.39, 0.29) is 0 Å². The van der Waals surface area contributed by atoms with Gasteiger partial charge < -0.3 is 0 Å². The first-order valence-corrected chi connectivity index (χ1v) is 7.17. The van der Waals surface area contributed by atoms with Crippen LogP contribution in [0.4, 0.5) is 0 Å². The molecular formula is C15H21Ru. The van der Waals surface area contributed by atoms with Gasteiger partial charge in [-0.25, -0.2) is 0 Å². The molecule has 0 saturated carbocycles. The molecule has 2 unspecified atom stereocenters. The first kappa shape index (κ1) is 12.3. The fourth-order valence-corrected chi connectivity index (χ4v) is 3.74. The Hall–Kier alpha value is -0.157. The molecule has 0 aromatic heterocycles. The maximum absolute atomic E-state index is 2.83. The van der Waals surface area contributed by atoms with Crippen LogP contribution in [0, 0.1) is 20.8 Å². The number of benzene rings is 1. The van der Waals surface area contributed by atoms with E-state index < -0.39 is 0 Å². The molecule has 0 spiro atoms. The third-order valence-electron chi connectivity index (χ3n) is 4.10. The Morgan fingerprint density at radius 2 is 1.81 bits per heavy atom. The molecule has 0 heterocycles. The number of hydrogen-bond acceptors (Lipinski definition) is 0. The molecule has 2 atom stereocenters. The van der Waals surface area contributed by atoms with Crippen LogP contribution in [0.2, 0.25) is 4.51 Å². The van der Waals surface area contributed by atoms with E-state index in [0.717, 1.165) is 5.92 Å². The molecule has 89 valence electrons. The van der Waals surface area contributed by atoms with E-state index in [1.807, 2.05) is 0 Å². The molecule has 1 aliphatic rings. The van der Waals surface area contributed by atoms with Crippen molar-refractivity contribution >= 4 is 0 Å². The van der Waals surface area contributed by atoms with Gasteiger partial charge in [-0.1, -0.05) is 0 Å². The van der Waals surface area contributed by atoms with Crippen molar-refractivity contribution in [3.63, 3.8) is 0 Å². The minimum absolute atomic E-state index is 0.689. The molecule has 0 nitrogen and oxygen atoms in total. The number of hydrogen-bond donors (Lipinski definition) is 0. The van der Waals surface area contributed by atoms with Crippen LogP contribution in [-0.2, 0) is 31.1 Å². The summed E-state index contributed by atoms with van der Waals surface area (Å²) in [6, 6.07) is 0. The van der Waals surface area contributed by atoms with Crippen LogP contribution in [0.3, 0.4) is 0 Å². The van der Waals surface area contributed by atoms with E-state index in [0.29, 0.717) is 4.51 Å². The normalized spacial score (nSPS) is 20.2. The van der Waals surface area contributed by atoms with Gasteiger partial charge in [0.15, 0.2) is 0 Å². The SMILES string of the molecule is Cc1c(C[CH](C)[Ru])c(C)c2c(C)c1CC2C. The summed E-state index contributed by atoms with van der Waals surface area (Å²) in [5, 5.41) is 0. The van der Waals surface area contributed by atoms with Crippen molar-refractivity contribution in [2.75, 3.05) is 0 Å². The Bertz CT molecular complexity index is 430. The fraction of sp³-hybridized carbons (Fsp3) is 0.600. The second kappa shape index (κ2) is 4.26. The molecule has 0 fully saturated rings. The van der Waals surface area contributed by atoms with Gasteiger partial charge >= 0.3 is 110 Å². The summed E-state index contributed by atoms with van der Waals surface area (Å²) in [7, 11) is 0. The van der Waals surface area contributed by atoms with Crippen LogP contribution in [0.1, 0.15) is 53.1 Å². The Labute approximate surface area is 110 Å². The van der Waals surface area contributed by atoms with Gasteiger partial charge in [-0.2, -0.15) is 0 Å². The van der Waals surface area contributed by atoms with Gasteiger partial charge in [-0.15, -0.1) is 0 Å². The van der Waals surface area contributed by atoms with Crippen molar-refractivity contribution in [1.29, 1.82) is 0 Å². The zero-order valence-corrected chi connectivity index (χ0v) is 12.7. The third-order valence-corrected chi connectivity index (χ3v) is 4.46. The second-order valence-corrected chi connectivity index (χ2v) is 7.02. The maximum atomic E-state index is 2.83. The van der Waals surface area contributed by atoms with Crippen LogP contribution < -0.4 is 0 Å². The molecular weight excluding hydrogens is 281 g/mol. The van der Waals surface area contributed by atoms with E-state index in [4.69, 9.17) is 0 Å². The summed E-state index contributed by atoms with van der Waals surface area (Å²) in [5.74, 6) is 0.739. The molecule has 0 amide bonds. The van der Waals surface area contributed by atoms with Gasteiger partial charge in [0.2, 0.25) is 0 Å². The van der Waals surface area contributed by atoms with Crippen molar-refractivity contribution in [3.8, 4) is 0 Å². The van der Waals surface area contributed by atoms with E-state index in [1.54, 1.807) is 33.4 Å². The molecule has 0 aliphatic heterocycles. The molecule has 16 heavy (non-hydrogen) atoms. The van der Waals surface area contributed by atoms with E-state index >= 15 is 0 Å². The second-order valence-electron chi connectivity index (χ2n) is 5.31. The summed E-state index contributed by atoms with van der Waals surface area (Å²) in [4.78, 5) is 0. The average Bonchev–Trinajstić information content (AvgIpc) is 2.43. The monoisotopic (exact) mass is 303 g/mol. The molecule has 1 heteroatoms. The first-order chi connectivity index (χ1) is 7.43. The minimum atomic E-state index is 0.689. The van der Waals surface area contributed by atoms with E-state index in [9.17, 15) is 0 Å². The Balaban J connectivity index is 2.60. The van der Waals surface area contributed by atoms with Gasteiger partial charge in [0.25, 0.3) is 0 Å².